The van der Waals surface area contributed by atoms with Crippen LogP contribution in [0.3, 0.4) is 0 Å². The van der Waals surface area contributed by atoms with Crippen molar-refractivity contribution in [3.63, 3.8) is 0 Å². The number of benzene rings is 1. The van der Waals surface area contributed by atoms with Crippen LogP contribution in [-0.2, 0) is 11.0 Å². The summed E-state index contributed by atoms with van der Waals surface area (Å²) in [6.45, 7) is 0.717. The van der Waals surface area contributed by atoms with Crippen LogP contribution in [0.5, 0.6) is 0 Å². The smallest absolute Gasteiger partial charge is 0.354 e. The number of piperidine rings is 1. The number of aromatic nitrogens is 1. The Morgan fingerprint density at radius 3 is 2.50 bits per heavy atom. The van der Waals surface area contributed by atoms with Crippen molar-refractivity contribution in [2.45, 2.75) is 43.4 Å². The summed E-state index contributed by atoms with van der Waals surface area (Å²) in [5, 5.41) is 6.38. The van der Waals surface area contributed by atoms with Crippen LogP contribution in [0.2, 0.25) is 0 Å². The summed E-state index contributed by atoms with van der Waals surface area (Å²) < 4.78 is 38.2. The van der Waals surface area contributed by atoms with E-state index in [1.54, 1.807) is 12.3 Å². The van der Waals surface area contributed by atoms with Gasteiger partial charge in [0.2, 0.25) is 5.91 Å². The van der Waals surface area contributed by atoms with E-state index in [1.807, 2.05) is 6.07 Å². The molecule has 150 valence electrons. The molecule has 1 spiro atoms. The van der Waals surface area contributed by atoms with Crippen molar-refractivity contribution in [1.82, 2.24) is 15.6 Å². The first-order valence-corrected chi connectivity index (χ1v) is 9.07. The van der Waals surface area contributed by atoms with E-state index < -0.39 is 17.3 Å². The highest BCUT2D eigenvalue weighted by molar-refractivity contribution is 5.87. The minimum Gasteiger partial charge on any atom is -0.354 e. The monoisotopic (exact) mass is 411 g/mol. The fraction of sp³-hybridized carbons (Fsp3) is 0.400. The van der Waals surface area contributed by atoms with E-state index in [9.17, 15) is 18.0 Å². The van der Waals surface area contributed by atoms with Gasteiger partial charge in [0, 0.05) is 12.7 Å². The lowest BCUT2D eigenvalue weighted by Gasteiger charge is -2.33. The van der Waals surface area contributed by atoms with Crippen LogP contribution in [0.15, 0.2) is 42.6 Å². The molecule has 1 aromatic heterocycles. The third-order valence-electron chi connectivity index (χ3n) is 5.49. The van der Waals surface area contributed by atoms with Gasteiger partial charge in [0.1, 0.15) is 0 Å². The summed E-state index contributed by atoms with van der Waals surface area (Å²) in [5.74, 6) is 0.0511. The number of hydrogen-bond acceptors (Lipinski definition) is 3. The summed E-state index contributed by atoms with van der Waals surface area (Å²) in [6.07, 6.45) is 0.644. The third-order valence-corrected chi connectivity index (χ3v) is 5.49. The molecule has 0 saturated carbocycles. The van der Waals surface area contributed by atoms with Gasteiger partial charge in [0.25, 0.3) is 0 Å². The lowest BCUT2D eigenvalue weighted by molar-refractivity contribution is -0.137. The van der Waals surface area contributed by atoms with Crippen molar-refractivity contribution in [3.8, 4) is 11.1 Å². The van der Waals surface area contributed by atoms with E-state index in [0.717, 1.165) is 49.1 Å². The maximum absolute atomic E-state index is 12.7. The normalized spacial score (nSPS) is 24.7. The van der Waals surface area contributed by atoms with Gasteiger partial charge in [0.05, 0.1) is 22.8 Å². The van der Waals surface area contributed by atoms with E-state index in [4.69, 9.17) is 0 Å². The molecule has 0 bridgehead atoms. The number of halogens is 4. The maximum atomic E-state index is 12.7. The Kier molecular flexibility index (Phi) is 5.68. The van der Waals surface area contributed by atoms with Crippen LogP contribution in [0, 0.1) is 0 Å². The van der Waals surface area contributed by atoms with Gasteiger partial charge in [-0.2, -0.15) is 13.2 Å². The predicted molar refractivity (Wildman–Crippen MR) is 102 cm³/mol. The summed E-state index contributed by atoms with van der Waals surface area (Å²) in [6, 6.07) is 8.75. The van der Waals surface area contributed by atoms with E-state index in [1.165, 1.54) is 12.1 Å². The first-order chi connectivity index (χ1) is 12.9. The predicted octanol–water partition coefficient (Wildman–Crippen LogP) is 4.26. The van der Waals surface area contributed by atoms with E-state index in [0.29, 0.717) is 12.1 Å². The molecule has 0 aliphatic carbocycles. The number of nitrogens with zero attached hydrogens (tertiary/aromatic N) is 1. The summed E-state index contributed by atoms with van der Waals surface area (Å²) in [4.78, 5) is 16.7. The zero-order valence-corrected chi connectivity index (χ0v) is 15.9. The van der Waals surface area contributed by atoms with Gasteiger partial charge in [0.15, 0.2) is 0 Å². The molecule has 0 unspecified atom stereocenters. The molecule has 2 fully saturated rings. The maximum Gasteiger partial charge on any atom is 0.416 e. The lowest BCUT2D eigenvalue weighted by atomic mass is 9.88. The highest BCUT2D eigenvalue weighted by Crippen LogP contribution is 2.37. The fourth-order valence-electron chi connectivity index (χ4n) is 4.01. The third kappa shape index (κ3) is 3.86. The van der Waals surface area contributed by atoms with Crippen molar-refractivity contribution < 1.29 is 18.0 Å². The molecule has 4 nitrogen and oxygen atoms in total. The number of nitrogens with one attached hydrogen (secondary N) is 2. The van der Waals surface area contributed by atoms with Gasteiger partial charge in [-0.05, 0) is 61.1 Å². The molecular formula is C20H21ClF3N3O. The van der Waals surface area contributed by atoms with Crippen molar-refractivity contribution in [2.24, 2.45) is 0 Å². The zero-order chi connectivity index (χ0) is 19.1. The first kappa shape index (κ1) is 20.6. The number of alkyl halides is 3. The molecule has 2 N–H and O–H groups in total. The van der Waals surface area contributed by atoms with Crippen LogP contribution in [0.4, 0.5) is 13.2 Å². The molecule has 28 heavy (non-hydrogen) atoms. The van der Waals surface area contributed by atoms with Crippen LogP contribution < -0.4 is 10.6 Å². The highest BCUT2D eigenvalue weighted by Gasteiger charge is 2.46. The summed E-state index contributed by atoms with van der Waals surface area (Å²) in [7, 11) is 0. The van der Waals surface area contributed by atoms with Gasteiger partial charge in [-0.3, -0.25) is 15.1 Å². The molecule has 2 atom stereocenters. The second-order valence-electron chi connectivity index (χ2n) is 7.22. The minimum atomic E-state index is -4.34. The van der Waals surface area contributed by atoms with E-state index >= 15 is 0 Å². The molecule has 2 saturated heterocycles. The second kappa shape index (κ2) is 7.72. The Morgan fingerprint density at radius 2 is 1.82 bits per heavy atom. The molecule has 2 aromatic rings. The van der Waals surface area contributed by atoms with Crippen LogP contribution in [0.25, 0.3) is 11.1 Å². The van der Waals surface area contributed by atoms with Gasteiger partial charge in [-0.1, -0.05) is 12.1 Å². The molecule has 3 heterocycles. The number of rotatable bonds is 2. The quantitative estimate of drug-likeness (QED) is 0.776. The topological polar surface area (TPSA) is 54.0 Å². The average molecular weight is 412 g/mol. The Hall–Kier alpha value is -2.12. The SMILES string of the molecule is Cl.O=C1NCCC[C@@]12CC[C@H](c1cc(-c3ccc(C(F)(F)F)cc3)ccn1)N2. The van der Waals surface area contributed by atoms with Crippen molar-refractivity contribution in [2.75, 3.05) is 6.54 Å². The van der Waals surface area contributed by atoms with Gasteiger partial charge in [-0.25, -0.2) is 0 Å². The van der Waals surface area contributed by atoms with Gasteiger partial charge >= 0.3 is 6.18 Å². The second-order valence-corrected chi connectivity index (χ2v) is 7.22. The van der Waals surface area contributed by atoms with Crippen LogP contribution in [-0.4, -0.2) is 23.0 Å². The number of pyridine rings is 1. The lowest BCUT2D eigenvalue weighted by Crippen LogP contribution is -2.57. The largest absolute Gasteiger partial charge is 0.416 e. The fourth-order valence-corrected chi connectivity index (χ4v) is 4.01. The molecule has 0 radical (unpaired) electrons. The van der Waals surface area contributed by atoms with Gasteiger partial charge in [-0.15, -0.1) is 12.4 Å². The minimum absolute atomic E-state index is 0. The Balaban J connectivity index is 0.00000225. The zero-order valence-electron chi connectivity index (χ0n) is 15.1. The Bertz CT molecular complexity index is 857. The van der Waals surface area contributed by atoms with Crippen molar-refractivity contribution in [3.05, 3.63) is 53.9 Å². The Morgan fingerprint density at radius 1 is 1.07 bits per heavy atom. The van der Waals surface area contributed by atoms with E-state index in [2.05, 4.69) is 15.6 Å². The van der Waals surface area contributed by atoms with E-state index in [-0.39, 0.29) is 24.4 Å². The Labute approximate surface area is 167 Å². The van der Waals surface area contributed by atoms with Gasteiger partial charge < -0.3 is 5.32 Å². The van der Waals surface area contributed by atoms with Crippen molar-refractivity contribution in [1.29, 1.82) is 0 Å². The molecule has 2 aliphatic heterocycles. The summed E-state index contributed by atoms with van der Waals surface area (Å²) >= 11 is 0. The molecule has 2 aliphatic rings. The molecule has 1 aromatic carbocycles. The van der Waals surface area contributed by atoms with Crippen LogP contribution >= 0.6 is 12.4 Å². The average Bonchev–Trinajstić information content (AvgIpc) is 3.09. The molecule has 4 rings (SSSR count). The van der Waals surface area contributed by atoms with Crippen molar-refractivity contribution >= 4 is 18.3 Å². The number of carbonyl (C=O) groups is 1. The highest BCUT2D eigenvalue weighted by atomic mass is 35.5. The summed E-state index contributed by atoms with van der Waals surface area (Å²) in [5.41, 5.74) is 1.14. The number of hydrogen-bond donors (Lipinski definition) is 2. The van der Waals surface area contributed by atoms with Crippen LogP contribution in [0.1, 0.15) is 43.0 Å². The number of carbonyl (C=O) groups excluding carboxylic acids is 1. The number of amides is 1. The first-order valence-electron chi connectivity index (χ1n) is 9.07. The molecular weight excluding hydrogens is 391 g/mol. The molecule has 8 heteroatoms. The standard InChI is InChI=1S/C20H20F3N3O.ClH/c21-20(22,23)15-4-2-13(3-5-15)14-7-11-24-17(12-14)16-6-9-19(26-16)8-1-10-25-18(19)27;/h2-5,7,11-12,16,26H,1,6,8-10H2,(H,25,27);1H/t16-,19-;/m1./s1. The molecule has 1 amide bonds.